The Hall–Kier alpha value is -2.54. The second kappa shape index (κ2) is 6.92. The van der Waals surface area contributed by atoms with Gasteiger partial charge in [-0.25, -0.2) is 9.48 Å². The molecule has 0 aliphatic carbocycles. The zero-order valence-corrected chi connectivity index (χ0v) is 13.7. The van der Waals surface area contributed by atoms with Crippen LogP contribution in [0.3, 0.4) is 0 Å². The Morgan fingerprint density at radius 3 is 2.92 bits per heavy atom. The molecule has 1 aliphatic heterocycles. The normalized spacial score (nSPS) is 17.5. The summed E-state index contributed by atoms with van der Waals surface area (Å²) in [6.07, 6.45) is 3.09. The fourth-order valence-corrected chi connectivity index (χ4v) is 3.02. The van der Waals surface area contributed by atoms with Crippen LogP contribution in [0.15, 0.2) is 36.5 Å². The van der Waals surface area contributed by atoms with Gasteiger partial charge in [0.25, 0.3) is 0 Å². The van der Waals surface area contributed by atoms with Crippen molar-refractivity contribution in [3.05, 3.63) is 41.6 Å². The number of piperidine rings is 1. The largest absolute Gasteiger partial charge is 0.351 e. The predicted octanol–water partition coefficient (Wildman–Crippen LogP) is 2.25. The quantitative estimate of drug-likeness (QED) is 0.891. The van der Waals surface area contributed by atoms with Crippen LogP contribution in [0.25, 0.3) is 5.69 Å². The van der Waals surface area contributed by atoms with Crippen molar-refractivity contribution in [2.75, 3.05) is 18.4 Å². The van der Waals surface area contributed by atoms with Gasteiger partial charge in [-0.1, -0.05) is 17.7 Å². The van der Waals surface area contributed by atoms with E-state index in [2.05, 4.69) is 10.4 Å². The summed E-state index contributed by atoms with van der Waals surface area (Å²) in [5, 5.41) is 7.69. The Kier molecular flexibility index (Phi) is 4.71. The number of primary amides is 1. The van der Waals surface area contributed by atoms with E-state index >= 15 is 0 Å². The fraction of sp³-hybridized carbons (Fsp3) is 0.312. The first-order chi connectivity index (χ1) is 11.5. The highest BCUT2D eigenvalue weighted by atomic mass is 35.5. The van der Waals surface area contributed by atoms with Gasteiger partial charge in [-0.3, -0.25) is 4.79 Å². The lowest BCUT2D eigenvalue weighted by Gasteiger charge is -2.30. The predicted molar refractivity (Wildman–Crippen MR) is 91.1 cm³/mol. The fourth-order valence-electron chi connectivity index (χ4n) is 2.83. The van der Waals surface area contributed by atoms with Crippen LogP contribution in [-0.4, -0.2) is 39.7 Å². The van der Waals surface area contributed by atoms with Crippen molar-refractivity contribution in [1.29, 1.82) is 0 Å². The second-order valence-electron chi connectivity index (χ2n) is 5.72. The molecule has 0 radical (unpaired) electrons. The van der Waals surface area contributed by atoms with Crippen molar-refractivity contribution in [1.82, 2.24) is 14.7 Å². The van der Waals surface area contributed by atoms with Crippen LogP contribution in [0, 0.1) is 5.92 Å². The number of nitrogens with one attached hydrogen (secondary N) is 1. The lowest BCUT2D eigenvalue weighted by molar-refractivity contribution is -0.121. The minimum atomic E-state index is -0.489. The number of nitrogens with zero attached hydrogens (tertiary/aromatic N) is 3. The molecule has 24 heavy (non-hydrogen) atoms. The number of hydrogen-bond acceptors (Lipinski definition) is 3. The lowest BCUT2D eigenvalue weighted by atomic mass is 9.97. The van der Waals surface area contributed by atoms with Crippen molar-refractivity contribution in [3.8, 4) is 5.69 Å². The smallest absolute Gasteiger partial charge is 0.314 e. The van der Waals surface area contributed by atoms with E-state index in [9.17, 15) is 9.59 Å². The molecule has 126 valence electrons. The van der Waals surface area contributed by atoms with E-state index in [-0.39, 0.29) is 11.8 Å². The van der Waals surface area contributed by atoms with Crippen molar-refractivity contribution < 1.29 is 9.59 Å². The molecule has 1 aromatic carbocycles. The Labute approximate surface area is 144 Å². The number of benzene rings is 1. The summed E-state index contributed by atoms with van der Waals surface area (Å²) >= 11 is 6.01. The Morgan fingerprint density at radius 1 is 1.33 bits per heavy atom. The molecule has 1 fully saturated rings. The minimum Gasteiger partial charge on any atom is -0.351 e. The molecule has 0 bridgehead atoms. The van der Waals surface area contributed by atoms with Gasteiger partial charge in [-0.15, -0.1) is 0 Å². The first-order valence-electron chi connectivity index (χ1n) is 7.70. The molecule has 7 nitrogen and oxygen atoms in total. The van der Waals surface area contributed by atoms with Gasteiger partial charge in [-0.05, 0) is 31.0 Å². The summed E-state index contributed by atoms with van der Waals surface area (Å²) in [7, 11) is 0. The van der Waals surface area contributed by atoms with Crippen LogP contribution >= 0.6 is 11.6 Å². The third-order valence-corrected chi connectivity index (χ3v) is 4.29. The van der Waals surface area contributed by atoms with Gasteiger partial charge in [0.1, 0.15) is 5.82 Å². The van der Waals surface area contributed by atoms with Crippen LogP contribution in [0.5, 0.6) is 0 Å². The second-order valence-corrected chi connectivity index (χ2v) is 6.16. The van der Waals surface area contributed by atoms with Crippen LogP contribution in [0.4, 0.5) is 10.6 Å². The highest BCUT2D eigenvalue weighted by molar-refractivity contribution is 6.30. The lowest BCUT2D eigenvalue weighted by Crippen LogP contribution is -2.46. The van der Waals surface area contributed by atoms with Gasteiger partial charge in [0.05, 0.1) is 17.8 Å². The molecule has 1 unspecified atom stereocenters. The molecule has 3 rings (SSSR count). The molecular weight excluding hydrogens is 330 g/mol. The van der Waals surface area contributed by atoms with E-state index in [4.69, 9.17) is 17.3 Å². The molecule has 1 aliphatic rings. The number of carbonyl (C=O) groups is 2. The third-order valence-electron chi connectivity index (χ3n) is 4.05. The maximum Gasteiger partial charge on any atom is 0.314 e. The molecule has 3 amide bonds. The molecule has 1 aromatic heterocycles. The SMILES string of the molecule is NC(=O)N1CCCC(C(=O)Nc2ccnn2-c2cccc(Cl)c2)C1. The number of anilines is 1. The summed E-state index contributed by atoms with van der Waals surface area (Å²) in [5.74, 6) is 0.122. The first-order valence-corrected chi connectivity index (χ1v) is 8.07. The highest BCUT2D eigenvalue weighted by Gasteiger charge is 2.28. The van der Waals surface area contributed by atoms with E-state index in [1.54, 1.807) is 29.1 Å². The van der Waals surface area contributed by atoms with Gasteiger partial charge in [-0.2, -0.15) is 5.10 Å². The zero-order valence-electron chi connectivity index (χ0n) is 13.0. The first kappa shape index (κ1) is 16.3. The van der Waals surface area contributed by atoms with Gasteiger partial charge in [0.15, 0.2) is 0 Å². The van der Waals surface area contributed by atoms with Crippen LogP contribution in [0.1, 0.15) is 12.8 Å². The van der Waals surface area contributed by atoms with E-state index in [0.717, 1.165) is 18.5 Å². The number of carbonyl (C=O) groups excluding carboxylic acids is 2. The standard InChI is InChI=1S/C16H18ClN5O2/c17-12-4-1-5-13(9-12)22-14(6-7-19-22)20-15(23)11-3-2-8-21(10-11)16(18)24/h1,4-7,9,11H,2-3,8,10H2,(H2,18,24)(H,20,23). The third kappa shape index (κ3) is 3.51. The molecule has 1 atom stereocenters. The topological polar surface area (TPSA) is 93.2 Å². The number of halogens is 1. The monoisotopic (exact) mass is 347 g/mol. The zero-order chi connectivity index (χ0) is 17.1. The summed E-state index contributed by atoms with van der Waals surface area (Å²) < 4.78 is 1.61. The van der Waals surface area contributed by atoms with Gasteiger partial charge in [0.2, 0.25) is 5.91 Å². The van der Waals surface area contributed by atoms with E-state index in [0.29, 0.717) is 23.9 Å². The molecular formula is C16H18ClN5O2. The summed E-state index contributed by atoms with van der Waals surface area (Å²) in [4.78, 5) is 25.3. The number of likely N-dealkylation sites (tertiary alicyclic amines) is 1. The van der Waals surface area contributed by atoms with E-state index < -0.39 is 6.03 Å². The molecule has 3 N–H and O–H groups in total. The summed E-state index contributed by atoms with van der Waals surface area (Å²) in [6, 6.07) is 8.43. The number of aromatic nitrogens is 2. The van der Waals surface area contributed by atoms with E-state index in [1.807, 2.05) is 12.1 Å². The summed E-state index contributed by atoms with van der Waals surface area (Å²) in [5.41, 5.74) is 6.06. The average molecular weight is 348 g/mol. The Bertz CT molecular complexity index is 760. The molecule has 0 spiro atoms. The average Bonchev–Trinajstić information content (AvgIpc) is 3.03. The van der Waals surface area contributed by atoms with Crippen molar-refractivity contribution >= 4 is 29.4 Å². The van der Waals surface area contributed by atoms with Crippen molar-refractivity contribution in [2.24, 2.45) is 11.7 Å². The van der Waals surface area contributed by atoms with Crippen molar-refractivity contribution in [2.45, 2.75) is 12.8 Å². The number of nitrogens with two attached hydrogens (primary N) is 1. The Morgan fingerprint density at radius 2 is 2.17 bits per heavy atom. The van der Waals surface area contributed by atoms with Crippen LogP contribution < -0.4 is 11.1 Å². The van der Waals surface area contributed by atoms with Crippen molar-refractivity contribution in [3.63, 3.8) is 0 Å². The van der Waals surface area contributed by atoms with Crippen LogP contribution in [0.2, 0.25) is 5.02 Å². The molecule has 0 saturated carbocycles. The minimum absolute atomic E-state index is 0.148. The number of rotatable bonds is 3. The van der Waals surface area contributed by atoms with Gasteiger partial charge >= 0.3 is 6.03 Å². The maximum atomic E-state index is 12.5. The van der Waals surface area contributed by atoms with E-state index in [1.165, 1.54) is 4.90 Å². The van der Waals surface area contributed by atoms with Crippen LogP contribution in [-0.2, 0) is 4.79 Å². The number of urea groups is 1. The van der Waals surface area contributed by atoms with Gasteiger partial charge in [0, 0.05) is 24.2 Å². The molecule has 2 aromatic rings. The number of hydrogen-bond donors (Lipinski definition) is 2. The maximum absolute atomic E-state index is 12.5. The molecule has 2 heterocycles. The molecule has 1 saturated heterocycles. The summed E-state index contributed by atoms with van der Waals surface area (Å²) in [6.45, 7) is 0.937. The Balaban J connectivity index is 1.74. The number of amides is 3. The molecule has 8 heteroatoms. The van der Waals surface area contributed by atoms with Gasteiger partial charge < -0.3 is 16.0 Å². The highest BCUT2D eigenvalue weighted by Crippen LogP contribution is 2.21.